The third-order valence-corrected chi connectivity index (χ3v) is 2.09. The normalized spacial score (nSPS) is 15.0. The number of rotatable bonds is 0. The van der Waals surface area contributed by atoms with Gasteiger partial charge < -0.3 is 10.2 Å². The van der Waals surface area contributed by atoms with Crippen molar-refractivity contribution in [3.8, 4) is 11.5 Å². The van der Waals surface area contributed by atoms with Crippen LogP contribution in [-0.4, -0.2) is 16.8 Å². The summed E-state index contributed by atoms with van der Waals surface area (Å²) in [7, 11) is 0. The molecular formula is C9H10NO2. The molecule has 0 spiro atoms. The molecule has 0 fully saturated rings. The Kier molecular flexibility index (Phi) is 1.57. The van der Waals surface area contributed by atoms with Crippen LogP contribution >= 0.6 is 0 Å². The minimum Gasteiger partial charge on any atom is -0.508 e. The Hall–Kier alpha value is -1.38. The van der Waals surface area contributed by atoms with E-state index in [0.29, 0.717) is 5.69 Å². The maximum Gasteiger partial charge on any atom is 0.141 e. The molecular weight excluding hydrogens is 154 g/mol. The monoisotopic (exact) mass is 164 g/mol. The first-order valence-electron chi connectivity index (χ1n) is 4.00. The zero-order chi connectivity index (χ0) is 8.55. The molecule has 0 atom stereocenters. The lowest BCUT2D eigenvalue weighted by atomic mass is 10.0. The number of phenols is 2. The molecule has 1 aromatic rings. The number of nitrogens with zero attached hydrogens (tertiary/aromatic N) is 1. The van der Waals surface area contributed by atoms with Crippen molar-refractivity contribution in [2.45, 2.75) is 12.8 Å². The third kappa shape index (κ3) is 0.978. The Bertz CT molecular complexity index is 279. The molecule has 1 aliphatic rings. The van der Waals surface area contributed by atoms with Gasteiger partial charge in [0.25, 0.3) is 0 Å². The van der Waals surface area contributed by atoms with Gasteiger partial charge in [0.1, 0.15) is 17.2 Å². The fourth-order valence-corrected chi connectivity index (χ4v) is 1.48. The molecule has 0 saturated heterocycles. The van der Waals surface area contributed by atoms with Crippen LogP contribution in [0.1, 0.15) is 12.0 Å². The molecule has 2 rings (SSSR count). The Morgan fingerprint density at radius 1 is 1.17 bits per heavy atom. The van der Waals surface area contributed by atoms with Crippen molar-refractivity contribution in [3.05, 3.63) is 17.7 Å². The fraction of sp³-hybridized carbons (Fsp3) is 0.333. The van der Waals surface area contributed by atoms with Crippen LogP contribution < -0.4 is 5.32 Å². The summed E-state index contributed by atoms with van der Waals surface area (Å²) >= 11 is 0. The molecule has 0 aliphatic carbocycles. The first kappa shape index (κ1) is 7.28. The van der Waals surface area contributed by atoms with E-state index in [2.05, 4.69) is 5.32 Å². The topological polar surface area (TPSA) is 54.6 Å². The highest BCUT2D eigenvalue weighted by Crippen LogP contribution is 2.36. The van der Waals surface area contributed by atoms with Gasteiger partial charge in [0, 0.05) is 12.1 Å². The van der Waals surface area contributed by atoms with E-state index in [1.54, 1.807) is 0 Å². The maximum absolute atomic E-state index is 9.41. The SMILES string of the molecule is Oc1ccc(O)c2c1CCC[N]2. The zero-order valence-corrected chi connectivity index (χ0v) is 6.62. The summed E-state index contributed by atoms with van der Waals surface area (Å²) in [5.41, 5.74) is 1.35. The predicted octanol–water partition coefficient (Wildman–Crippen LogP) is 1.28. The summed E-state index contributed by atoms with van der Waals surface area (Å²) in [5, 5.41) is 22.9. The van der Waals surface area contributed by atoms with Crippen LogP contribution in [-0.2, 0) is 6.42 Å². The Labute approximate surface area is 70.7 Å². The second kappa shape index (κ2) is 2.59. The summed E-state index contributed by atoms with van der Waals surface area (Å²) in [6, 6.07) is 2.98. The van der Waals surface area contributed by atoms with Crippen LogP contribution in [0.4, 0.5) is 5.69 Å². The van der Waals surface area contributed by atoms with Crippen molar-refractivity contribution in [3.63, 3.8) is 0 Å². The second-order valence-corrected chi connectivity index (χ2v) is 2.92. The van der Waals surface area contributed by atoms with Crippen molar-refractivity contribution in [1.29, 1.82) is 0 Å². The number of fused-ring (bicyclic) bond motifs is 1. The molecule has 0 bridgehead atoms. The highest BCUT2D eigenvalue weighted by molar-refractivity contribution is 5.62. The molecule has 3 heteroatoms. The van der Waals surface area contributed by atoms with Crippen molar-refractivity contribution < 1.29 is 10.2 Å². The second-order valence-electron chi connectivity index (χ2n) is 2.92. The van der Waals surface area contributed by atoms with Crippen molar-refractivity contribution in [2.75, 3.05) is 6.54 Å². The zero-order valence-electron chi connectivity index (χ0n) is 6.62. The molecule has 1 aromatic carbocycles. The van der Waals surface area contributed by atoms with Crippen LogP contribution in [0.3, 0.4) is 0 Å². The van der Waals surface area contributed by atoms with Crippen LogP contribution in [0, 0.1) is 0 Å². The number of hydrogen-bond acceptors (Lipinski definition) is 2. The molecule has 1 heterocycles. The van der Waals surface area contributed by atoms with Gasteiger partial charge in [0.2, 0.25) is 0 Å². The van der Waals surface area contributed by atoms with Gasteiger partial charge in [-0.1, -0.05) is 0 Å². The van der Waals surface area contributed by atoms with Crippen molar-refractivity contribution in [1.82, 2.24) is 5.32 Å². The molecule has 1 radical (unpaired) electrons. The van der Waals surface area contributed by atoms with E-state index in [4.69, 9.17) is 0 Å². The molecule has 0 saturated carbocycles. The van der Waals surface area contributed by atoms with Gasteiger partial charge in [0.15, 0.2) is 0 Å². The quantitative estimate of drug-likeness (QED) is 0.567. The van der Waals surface area contributed by atoms with Gasteiger partial charge in [-0.25, -0.2) is 0 Å². The van der Waals surface area contributed by atoms with E-state index in [-0.39, 0.29) is 11.5 Å². The van der Waals surface area contributed by atoms with Crippen LogP contribution in [0.5, 0.6) is 11.5 Å². The standard InChI is InChI=1S/C9H10NO2/c11-7-3-4-8(12)9-6(7)2-1-5-10-9/h3-4,11-12H,1-2,5H2. The third-order valence-electron chi connectivity index (χ3n) is 2.09. The average molecular weight is 164 g/mol. The van der Waals surface area contributed by atoms with Gasteiger partial charge in [-0.15, -0.1) is 0 Å². The van der Waals surface area contributed by atoms with Crippen LogP contribution in [0.25, 0.3) is 0 Å². The van der Waals surface area contributed by atoms with E-state index in [9.17, 15) is 10.2 Å². The van der Waals surface area contributed by atoms with Crippen molar-refractivity contribution in [2.24, 2.45) is 0 Å². The molecule has 12 heavy (non-hydrogen) atoms. The average Bonchev–Trinajstić information content (AvgIpc) is 2.12. The van der Waals surface area contributed by atoms with Crippen molar-refractivity contribution >= 4 is 5.69 Å². The molecule has 63 valence electrons. The van der Waals surface area contributed by atoms with Gasteiger partial charge in [-0.3, -0.25) is 5.32 Å². The largest absolute Gasteiger partial charge is 0.508 e. The first-order chi connectivity index (χ1) is 5.79. The van der Waals surface area contributed by atoms with E-state index in [0.717, 1.165) is 24.9 Å². The molecule has 0 amide bonds. The molecule has 1 aliphatic heterocycles. The van der Waals surface area contributed by atoms with E-state index in [1.165, 1.54) is 12.1 Å². The number of phenolic OH excluding ortho intramolecular Hbond substituents is 2. The summed E-state index contributed by atoms with van der Waals surface area (Å²) in [5.74, 6) is 0.411. The minimum atomic E-state index is 0.169. The molecule has 0 unspecified atom stereocenters. The first-order valence-corrected chi connectivity index (χ1v) is 4.00. The van der Waals surface area contributed by atoms with Crippen LogP contribution in [0.15, 0.2) is 12.1 Å². The highest BCUT2D eigenvalue weighted by Gasteiger charge is 2.16. The number of benzene rings is 1. The van der Waals surface area contributed by atoms with E-state index >= 15 is 0 Å². The molecule has 3 nitrogen and oxygen atoms in total. The van der Waals surface area contributed by atoms with Gasteiger partial charge in [-0.05, 0) is 25.0 Å². The minimum absolute atomic E-state index is 0.169. The summed E-state index contributed by atoms with van der Waals surface area (Å²) < 4.78 is 0. The molecule has 0 aromatic heterocycles. The Balaban J connectivity index is 2.57. The van der Waals surface area contributed by atoms with Gasteiger partial charge >= 0.3 is 0 Å². The summed E-state index contributed by atoms with van der Waals surface area (Å²) in [6.07, 6.45) is 1.75. The fourth-order valence-electron chi connectivity index (χ4n) is 1.48. The lowest BCUT2D eigenvalue weighted by Gasteiger charge is -2.17. The summed E-state index contributed by atoms with van der Waals surface area (Å²) in [4.78, 5) is 0. The van der Waals surface area contributed by atoms with Crippen LogP contribution in [0.2, 0.25) is 0 Å². The van der Waals surface area contributed by atoms with Gasteiger partial charge in [0.05, 0.1) is 0 Å². The predicted molar refractivity (Wildman–Crippen MR) is 44.8 cm³/mol. The summed E-state index contributed by atoms with van der Waals surface area (Å²) in [6.45, 7) is 0.740. The highest BCUT2D eigenvalue weighted by atomic mass is 16.3. The maximum atomic E-state index is 9.41. The number of aromatic hydroxyl groups is 2. The smallest absolute Gasteiger partial charge is 0.141 e. The Morgan fingerprint density at radius 3 is 2.67 bits per heavy atom. The molecule has 2 N–H and O–H groups in total. The number of hydrogen-bond donors (Lipinski definition) is 2. The lowest BCUT2D eigenvalue weighted by Crippen LogP contribution is -2.10. The Morgan fingerprint density at radius 2 is 1.92 bits per heavy atom. The van der Waals surface area contributed by atoms with E-state index in [1.807, 2.05) is 0 Å². The van der Waals surface area contributed by atoms with E-state index < -0.39 is 0 Å². The van der Waals surface area contributed by atoms with Gasteiger partial charge in [-0.2, -0.15) is 0 Å². The lowest BCUT2D eigenvalue weighted by molar-refractivity contribution is 0.446.